The van der Waals surface area contributed by atoms with E-state index in [4.69, 9.17) is 0 Å². The third kappa shape index (κ3) is 5.64. The lowest BCUT2D eigenvalue weighted by molar-refractivity contribution is -0.137. The first kappa shape index (κ1) is 26.7. The van der Waals surface area contributed by atoms with Crippen LogP contribution < -0.4 is 9.80 Å². The minimum atomic E-state index is -4.49. The van der Waals surface area contributed by atoms with Gasteiger partial charge in [0, 0.05) is 38.3 Å². The first-order chi connectivity index (χ1) is 17.4. The molecular weight excluding hydrogens is 497 g/mol. The van der Waals surface area contributed by atoms with Crippen LogP contribution in [0.2, 0.25) is 0 Å². The van der Waals surface area contributed by atoms with E-state index in [1.165, 1.54) is 6.20 Å². The molecule has 0 aliphatic carbocycles. The second-order valence-corrected chi connectivity index (χ2v) is 9.80. The number of fused-ring (bicyclic) bond motifs is 1. The van der Waals surface area contributed by atoms with Crippen molar-refractivity contribution in [2.24, 2.45) is 5.41 Å². The molecule has 3 aromatic rings. The third-order valence-corrected chi connectivity index (χ3v) is 6.87. The smallest absolute Gasteiger partial charge is 0.359 e. The number of carbonyl (C=O) groups excluding carboxylic acids is 1. The van der Waals surface area contributed by atoms with Gasteiger partial charge in [0.15, 0.2) is 5.65 Å². The lowest BCUT2D eigenvalue weighted by Gasteiger charge is -2.50. The molecule has 4 heterocycles. The zero-order chi connectivity index (χ0) is 27.0. The van der Waals surface area contributed by atoms with Crippen molar-refractivity contribution in [2.75, 3.05) is 23.4 Å². The predicted molar refractivity (Wildman–Crippen MR) is 128 cm³/mol. The highest BCUT2D eigenvalue weighted by Crippen LogP contribution is 2.43. The van der Waals surface area contributed by atoms with Crippen LogP contribution in [0.5, 0.6) is 0 Å². The number of pyridine rings is 1. The van der Waals surface area contributed by atoms with Crippen molar-refractivity contribution in [3.8, 4) is 0 Å². The minimum absolute atomic E-state index is 0.121. The van der Waals surface area contributed by atoms with Gasteiger partial charge >= 0.3 is 6.18 Å². The minimum Gasteiger partial charge on any atom is -0.359 e. The molecule has 8 nitrogen and oxygen atoms in total. The number of carbonyl (C=O) groups is 1. The summed E-state index contributed by atoms with van der Waals surface area (Å²) in [5.41, 5.74) is -0.633. The molecule has 0 spiro atoms. The average Bonchev–Trinajstić information content (AvgIpc) is 3.19. The van der Waals surface area contributed by atoms with Crippen LogP contribution in [0.3, 0.4) is 0 Å². The summed E-state index contributed by atoms with van der Waals surface area (Å²) in [7, 11) is 1.67. The summed E-state index contributed by atoms with van der Waals surface area (Å²) in [6.07, 6.45) is -0.803. The van der Waals surface area contributed by atoms with Crippen molar-refractivity contribution in [2.45, 2.75) is 64.3 Å². The summed E-state index contributed by atoms with van der Waals surface area (Å²) >= 11 is 0. The van der Waals surface area contributed by atoms with Crippen molar-refractivity contribution in [1.29, 1.82) is 0 Å². The number of anilines is 2. The molecule has 0 saturated carbocycles. The van der Waals surface area contributed by atoms with Crippen molar-refractivity contribution >= 4 is 29.1 Å². The van der Waals surface area contributed by atoms with Crippen molar-refractivity contribution in [1.82, 2.24) is 24.7 Å². The Morgan fingerprint density at radius 1 is 1.19 bits per heavy atom. The van der Waals surface area contributed by atoms with Gasteiger partial charge in [0.1, 0.15) is 30.0 Å². The van der Waals surface area contributed by atoms with E-state index in [0.717, 1.165) is 29.3 Å². The molecular formula is C24H28F5N7O. The summed E-state index contributed by atoms with van der Waals surface area (Å²) in [5.74, 6) is 0.683. The van der Waals surface area contributed by atoms with Crippen LogP contribution in [0.15, 0.2) is 30.7 Å². The molecule has 1 aliphatic heterocycles. The number of aldehydes is 1. The van der Waals surface area contributed by atoms with Gasteiger partial charge in [-0.3, -0.25) is 0 Å². The van der Waals surface area contributed by atoms with Gasteiger partial charge in [-0.2, -0.15) is 18.3 Å². The third-order valence-electron chi connectivity index (χ3n) is 6.87. The number of piperidine rings is 1. The molecule has 1 aliphatic rings. The Morgan fingerprint density at radius 2 is 1.89 bits per heavy atom. The lowest BCUT2D eigenvalue weighted by atomic mass is 9.70. The Kier molecular flexibility index (Phi) is 7.33. The summed E-state index contributed by atoms with van der Waals surface area (Å²) < 4.78 is 66.7. The molecule has 0 N–H and O–H groups in total. The first-order valence-electron chi connectivity index (χ1n) is 11.9. The number of aromatic nitrogens is 5. The molecule has 0 radical (unpaired) electrons. The Balaban J connectivity index is 1.58. The maximum atomic E-state index is 13.2. The number of halogens is 5. The molecule has 2 atom stereocenters. The lowest BCUT2D eigenvalue weighted by Crippen LogP contribution is -2.54. The van der Waals surface area contributed by atoms with Crippen molar-refractivity contribution < 1.29 is 26.7 Å². The second kappa shape index (κ2) is 10.2. The fourth-order valence-electron chi connectivity index (χ4n) is 5.57. The SMILES string of the molecule is CC1CC(CC=O)(CN(C)c2cc(C(F)(F)F)ccn2)CC(C)N1c1cnc2cnn(CC(F)F)c2n1. The largest absolute Gasteiger partial charge is 0.416 e. The number of hydrogen-bond acceptors (Lipinski definition) is 7. The van der Waals surface area contributed by atoms with Gasteiger partial charge in [-0.25, -0.2) is 28.4 Å². The van der Waals surface area contributed by atoms with E-state index in [9.17, 15) is 26.7 Å². The molecule has 4 rings (SSSR count). The van der Waals surface area contributed by atoms with E-state index in [0.29, 0.717) is 30.7 Å². The summed E-state index contributed by atoms with van der Waals surface area (Å²) in [5, 5.41) is 3.96. The first-order valence-corrected chi connectivity index (χ1v) is 11.9. The van der Waals surface area contributed by atoms with E-state index in [2.05, 4.69) is 20.1 Å². The highest BCUT2D eigenvalue weighted by atomic mass is 19.4. The quantitative estimate of drug-likeness (QED) is 0.314. The molecule has 0 aromatic carbocycles. The fraction of sp³-hybridized carbons (Fsp3) is 0.542. The monoisotopic (exact) mass is 525 g/mol. The number of nitrogens with zero attached hydrogens (tertiary/aromatic N) is 7. The van der Waals surface area contributed by atoms with Crippen LogP contribution >= 0.6 is 0 Å². The molecule has 2 unspecified atom stereocenters. The Morgan fingerprint density at radius 3 is 2.51 bits per heavy atom. The molecule has 0 amide bonds. The van der Waals surface area contributed by atoms with Gasteiger partial charge in [0.25, 0.3) is 6.43 Å². The van der Waals surface area contributed by atoms with Crippen LogP contribution in [0.1, 0.15) is 38.7 Å². The zero-order valence-corrected chi connectivity index (χ0v) is 20.7. The molecule has 1 fully saturated rings. The van der Waals surface area contributed by atoms with Gasteiger partial charge in [-0.1, -0.05) is 0 Å². The van der Waals surface area contributed by atoms with Gasteiger partial charge in [0.05, 0.1) is 18.0 Å². The molecule has 0 bridgehead atoms. The van der Waals surface area contributed by atoms with Crippen LogP contribution in [-0.2, 0) is 17.5 Å². The van der Waals surface area contributed by atoms with Gasteiger partial charge in [0.2, 0.25) is 0 Å². The Hall–Kier alpha value is -3.38. The van der Waals surface area contributed by atoms with Crippen molar-refractivity contribution in [3.63, 3.8) is 0 Å². The topological polar surface area (TPSA) is 80.0 Å². The normalized spacial score (nSPS) is 22.6. The maximum absolute atomic E-state index is 13.2. The molecule has 37 heavy (non-hydrogen) atoms. The number of alkyl halides is 5. The van der Waals surface area contributed by atoms with E-state index in [1.54, 1.807) is 18.1 Å². The summed E-state index contributed by atoms with van der Waals surface area (Å²) in [6.45, 7) is 3.68. The summed E-state index contributed by atoms with van der Waals surface area (Å²) in [6, 6.07) is 1.69. The molecule has 13 heteroatoms. The average molecular weight is 526 g/mol. The van der Waals surface area contributed by atoms with E-state index < -0.39 is 30.1 Å². The number of rotatable bonds is 8. The summed E-state index contributed by atoms with van der Waals surface area (Å²) in [4.78, 5) is 28.4. The molecule has 200 valence electrons. The van der Waals surface area contributed by atoms with Crippen LogP contribution in [0.25, 0.3) is 11.2 Å². The molecule has 1 saturated heterocycles. The molecule has 3 aromatic heterocycles. The Bertz CT molecular complexity index is 1240. The van der Waals surface area contributed by atoms with Crippen molar-refractivity contribution in [3.05, 3.63) is 36.3 Å². The van der Waals surface area contributed by atoms with E-state index >= 15 is 0 Å². The zero-order valence-electron chi connectivity index (χ0n) is 20.7. The second-order valence-electron chi connectivity index (χ2n) is 9.80. The number of hydrogen-bond donors (Lipinski definition) is 0. The fourth-order valence-corrected chi connectivity index (χ4v) is 5.57. The van der Waals surface area contributed by atoms with Crippen LogP contribution in [0, 0.1) is 5.41 Å². The van der Waals surface area contributed by atoms with Crippen LogP contribution in [-0.4, -0.2) is 63.1 Å². The predicted octanol–water partition coefficient (Wildman–Crippen LogP) is 4.59. The van der Waals surface area contributed by atoms with Gasteiger partial charge in [-0.15, -0.1) is 0 Å². The standard InChI is InChI=1S/C24H28F5N7O/c1-15-9-23(5-7-37,14-34(3)20-8-17(4-6-30-20)24(27,28)29)10-16(2)36(15)21-12-31-18-11-32-35(13-19(25)26)22(18)33-21/h4,6-8,11-12,15-16,19H,5,9-10,13-14H2,1-3H3. The van der Waals surface area contributed by atoms with Gasteiger partial charge < -0.3 is 14.6 Å². The Labute approximate surface area is 210 Å². The highest BCUT2D eigenvalue weighted by Gasteiger charge is 2.43. The highest BCUT2D eigenvalue weighted by molar-refractivity contribution is 5.71. The van der Waals surface area contributed by atoms with Crippen LogP contribution in [0.4, 0.5) is 33.6 Å². The maximum Gasteiger partial charge on any atom is 0.416 e. The van der Waals surface area contributed by atoms with Gasteiger partial charge in [-0.05, 0) is 44.2 Å². The van der Waals surface area contributed by atoms with E-state index in [1.807, 2.05) is 18.7 Å². The van der Waals surface area contributed by atoms with E-state index in [-0.39, 0.29) is 30.0 Å².